The average Bonchev–Trinajstić information content (AvgIpc) is 2.97. The van der Waals surface area contributed by atoms with Crippen LogP contribution >= 0.6 is 0 Å². The van der Waals surface area contributed by atoms with Crippen molar-refractivity contribution in [2.75, 3.05) is 52.9 Å². The van der Waals surface area contributed by atoms with Crippen LogP contribution in [-0.2, 0) is 17.7 Å². The smallest absolute Gasteiger partial charge is 0.409 e. The standard InChI is InChI=1S/C20H30N4O4/c1-28-20(27)24-9-4-8-23(11-12-24)19(26)21-13-18(25)15-22-10-7-16-5-2-3-6-17(16)14-22/h2-3,5-6,18,25H,4,7-15H2,1H3,(H,21,26)/t18-/m1/s1. The molecule has 0 bridgehead atoms. The molecule has 0 radical (unpaired) electrons. The number of benzene rings is 1. The highest BCUT2D eigenvalue weighted by molar-refractivity contribution is 5.74. The first-order chi connectivity index (χ1) is 13.6. The van der Waals surface area contributed by atoms with Crippen LogP contribution in [0.5, 0.6) is 0 Å². The summed E-state index contributed by atoms with van der Waals surface area (Å²) in [6.45, 7) is 4.57. The Hall–Kier alpha value is -2.32. The first-order valence-corrected chi connectivity index (χ1v) is 9.89. The van der Waals surface area contributed by atoms with Gasteiger partial charge in [-0.3, -0.25) is 4.90 Å². The molecule has 1 aromatic carbocycles. The summed E-state index contributed by atoms with van der Waals surface area (Å²) in [6.07, 6.45) is 0.714. The number of carbonyl (C=O) groups excluding carboxylic acids is 2. The van der Waals surface area contributed by atoms with E-state index in [0.717, 1.165) is 19.5 Å². The highest BCUT2D eigenvalue weighted by Gasteiger charge is 2.23. The molecule has 2 N–H and O–H groups in total. The average molecular weight is 390 g/mol. The summed E-state index contributed by atoms with van der Waals surface area (Å²) in [4.78, 5) is 29.6. The molecular weight excluding hydrogens is 360 g/mol. The Balaban J connectivity index is 1.40. The van der Waals surface area contributed by atoms with Gasteiger partial charge in [-0.15, -0.1) is 0 Å². The molecule has 1 atom stereocenters. The van der Waals surface area contributed by atoms with E-state index in [0.29, 0.717) is 39.1 Å². The molecule has 0 spiro atoms. The lowest BCUT2D eigenvalue weighted by Gasteiger charge is -2.30. The molecule has 8 nitrogen and oxygen atoms in total. The fourth-order valence-corrected chi connectivity index (χ4v) is 3.82. The van der Waals surface area contributed by atoms with Gasteiger partial charge in [0.2, 0.25) is 0 Å². The minimum Gasteiger partial charge on any atom is -0.453 e. The SMILES string of the molecule is COC(=O)N1CCCN(C(=O)NC[C@@H](O)CN2CCc3ccccc3C2)CC1. The number of methoxy groups -OCH3 is 1. The second-order valence-corrected chi connectivity index (χ2v) is 7.39. The first kappa shape index (κ1) is 20.4. The summed E-state index contributed by atoms with van der Waals surface area (Å²) in [5.74, 6) is 0. The summed E-state index contributed by atoms with van der Waals surface area (Å²) in [5.41, 5.74) is 2.69. The maximum absolute atomic E-state index is 12.4. The quantitative estimate of drug-likeness (QED) is 0.798. The molecule has 0 saturated carbocycles. The number of nitrogens with one attached hydrogen (secondary N) is 1. The summed E-state index contributed by atoms with van der Waals surface area (Å²) >= 11 is 0. The lowest BCUT2D eigenvalue weighted by molar-refractivity contribution is 0.103. The number of rotatable bonds is 4. The fraction of sp³-hybridized carbons (Fsp3) is 0.600. The van der Waals surface area contributed by atoms with Gasteiger partial charge in [0.15, 0.2) is 0 Å². The zero-order chi connectivity index (χ0) is 19.9. The molecule has 2 aliphatic rings. The van der Waals surface area contributed by atoms with E-state index in [1.807, 2.05) is 6.07 Å². The number of nitrogens with zero attached hydrogens (tertiary/aromatic N) is 3. The van der Waals surface area contributed by atoms with Crippen LogP contribution in [0.3, 0.4) is 0 Å². The number of aliphatic hydroxyl groups is 1. The van der Waals surface area contributed by atoms with Gasteiger partial charge in [-0.05, 0) is 24.0 Å². The molecule has 1 aromatic rings. The third-order valence-corrected chi connectivity index (χ3v) is 5.38. The molecule has 2 aliphatic heterocycles. The van der Waals surface area contributed by atoms with E-state index in [2.05, 4.69) is 28.4 Å². The normalized spacial score (nSPS) is 18.8. The molecule has 0 aromatic heterocycles. The van der Waals surface area contributed by atoms with Crippen LogP contribution in [0, 0.1) is 0 Å². The lowest BCUT2D eigenvalue weighted by atomic mass is 10.00. The summed E-state index contributed by atoms with van der Waals surface area (Å²) in [6, 6.07) is 8.20. The van der Waals surface area contributed by atoms with Gasteiger partial charge < -0.3 is 25.0 Å². The molecule has 0 unspecified atom stereocenters. The van der Waals surface area contributed by atoms with Crippen LogP contribution in [0.2, 0.25) is 0 Å². The van der Waals surface area contributed by atoms with Gasteiger partial charge in [0, 0.05) is 52.4 Å². The van der Waals surface area contributed by atoms with Gasteiger partial charge in [-0.1, -0.05) is 24.3 Å². The Labute approximate surface area is 166 Å². The predicted octanol–water partition coefficient (Wildman–Crippen LogP) is 0.889. The Morgan fingerprint density at radius 2 is 1.82 bits per heavy atom. The Morgan fingerprint density at radius 1 is 1.11 bits per heavy atom. The van der Waals surface area contributed by atoms with E-state index in [1.54, 1.807) is 9.80 Å². The molecule has 1 fully saturated rings. The fourth-order valence-electron chi connectivity index (χ4n) is 3.82. The number of aliphatic hydroxyl groups excluding tert-OH is 1. The Bertz CT molecular complexity index is 684. The number of fused-ring (bicyclic) bond motifs is 1. The van der Waals surface area contributed by atoms with Crippen LogP contribution in [0.1, 0.15) is 17.5 Å². The monoisotopic (exact) mass is 390 g/mol. The van der Waals surface area contributed by atoms with Gasteiger partial charge in [0.1, 0.15) is 0 Å². The largest absolute Gasteiger partial charge is 0.453 e. The van der Waals surface area contributed by atoms with Crippen molar-refractivity contribution in [3.63, 3.8) is 0 Å². The molecule has 3 amide bonds. The predicted molar refractivity (Wildman–Crippen MR) is 105 cm³/mol. The molecular formula is C20H30N4O4. The summed E-state index contributed by atoms with van der Waals surface area (Å²) < 4.78 is 4.74. The number of hydrogen-bond donors (Lipinski definition) is 2. The van der Waals surface area contributed by atoms with E-state index < -0.39 is 6.10 Å². The van der Waals surface area contributed by atoms with E-state index in [4.69, 9.17) is 4.74 Å². The van der Waals surface area contributed by atoms with Gasteiger partial charge in [0.05, 0.1) is 13.2 Å². The lowest BCUT2D eigenvalue weighted by Crippen LogP contribution is -2.47. The zero-order valence-electron chi connectivity index (χ0n) is 16.5. The Morgan fingerprint density at radius 3 is 2.61 bits per heavy atom. The van der Waals surface area contributed by atoms with Crippen molar-refractivity contribution in [1.29, 1.82) is 0 Å². The van der Waals surface area contributed by atoms with Gasteiger partial charge >= 0.3 is 12.1 Å². The Kier molecular flexibility index (Phi) is 7.11. The second kappa shape index (κ2) is 9.75. The van der Waals surface area contributed by atoms with E-state index in [-0.39, 0.29) is 18.7 Å². The number of carbonyl (C=O) groups is 2. The number of hydrogen-bond acceptors (Lipinski definition) is 5. The van der Waals surface area contributed by atoms with Crippen LogP contribution in [-0.4, -0.2) is 91.0 Å². The molecule has 1 saturated heterocycles. The van der Waals surface area contributed by atoms with Crippen molar-refractivity contribution < 1.29 is 19.4 Å². The van der Waals surface area contributed by atoms with Crippen LogP contribution in [0.4, 0.5) is 9.59 Å². The van der Waals surface area contributed by atoms with Crippen molar-refractivity contribution in [2.45, 2.75) is 25.5 Å². The third-order valence-electron chi connectivity index (χ3n) is 5.38. The molecule has 28 heavy (non-hydrogen) atoms. The molecule has 8 heteroatoms. The van der Waals surface area contributed by atoms with E-state index >= 15 is 0 Å². The number of ether oxygens (including phenoxy) is 1. The highest BCUT2D eigenvalue weighted by atomic mass is 16.5. The van der Waals surface area contributed by atoms with Crippen molar-refractivity contribution >= 4 is 12.1 Å². The highest BCUT2D eigenvalue weighted by Crippen LogP contribution is 2.18. The van der Waals surface area contributed by atoms with Crippen molar-refractivity contribution in [3.8, 4) is 0 Å². The summed E-state index contributed by atoms with van der Waals surface area (Å²) in [5, 5.41) is 13.2. The minimum atomic E-state index is -0.618. The number of β-amino-alcohol motifs (C(OH)–C–C–N with tert-alkyl or cyclic N) is 1. The number of amides is 3. The topological polar surface area (TPSA) is 85.3 Å². The molecule has 154 valence electrons. The van der Waals surface area contributed by atoms with Crippen LogP contribution in [0.15, 0.2) is 24.3 Å². The second-order valence-electron chi connectivity index (χ2n) is 7.39. The van der Waals surface area contributed by atoms with Gasteiger partial charge in [-0.25, -0.2) is 9.59 Å². The molecule has 3 rings (SSSR count). The number of urea groups is 1. The maximum atomic E-state index is 12.4. The molecule has 2 heterocycles. The van der Waals surface area contributed by atoms with Crippen LogP contribution < -0.4 is 5.32 Å². The van der Waals surface area contributed by atoms with Crippen molar-refractivity contribution in [2.24, 2.45) is 0 Å². The zero-order valence-corrected chi connectivity index (χ0v) is 16.5. The maximum Gasteiger partial charge on any atom is 0.409 e. The van der Waals surface area contributed by atoms with Crippen molar-refractivity contribution in [1.82, 2.24) is 20.0 Å². The van der Waals surface area contributed by atoms with Gasteiger partial charge in [0.25, 0.3) is 0 Å². The third kappa shape index (κ3) is 5.36. The van der Waals surface area contributed by atoms with Crippen molar-refractivity contribution in [3.05, 3.63) is 35.4 Å². The first-order valence-electron chi connectivity index (χ1n) is 9.89. The van der Waals surface area contributed by atoms with E-state index in [1.165, 1.54) is 18.2 Å². The molecule has 0 aliphatic carbocycles. The summed E-state index contributed by atoms with van der Waals surface area (Å²) in [7, 11) is 1.36. The van der Waals surface area contributed by atoms with Crippen LogP contribution in [0.25, 0.3) is 0 Å². The minimum absolute atomic E-state index is 0.199. The van der Waals surface area contributed by atoms with Gasteiger partial charge in [-0.2, -0.15) is 0 Å². The van der Waals surface area contributed by atoms with E-state index in [9.17, 15) is 14.7 Å².